The van der Waals surface area contributed by atoms with Gasteiger partial charge in [-0.15, -0.1) is 11.6 Å². The predicted octanol–water partition coefficient (Wildman–Crippen LogP) is 2.71. The fraction of sp³-hybridized carbons (Fsp3) is 0.154. The fourth-order valence-electron chi connectivity index (χ4n) is 1.61. The molecule has 7 heteroatoms. The maximum atomic E-state index is 11.0. The zero-order valence-corrected chi connectivity index (χ0v) is 11.1. The van der Waals surface area contributed by atoms with Crippen LogP contribution in [0.5, 0.6) is 0 Å². The van der Waals surface area contributed by atoms with Crippen LogP contribution >= 0.6 is 11.6 Å². The number of hydrogen-bond acceptors (Lipinski definition) is 4. The topological polar surface area (TPSA) is 85.4 Å². The van der Waals surface area contributed by atoms with E-state index in [1.807, 2.05) is 0 Å². The standard InChI is InChI=1S/C13H11ClN2O4/c14-7-13(17)15-8-11-5-6-12(20-11)9-1-3-10(4-2-9)16(18)19/h1-6H,7-8H2,(H,15,17). The Morgan fingerprint density at radius 2 is 1.95 bits per heavy atom. The first-order chi connectivity index (χ1) is 9.60. The molecule has 1 N–H and O–H groups in total. The predicted molar refractivity (Wildman–Crippen MR) is 73.4 cm³/mol. The van der Waals surface area contributed by atoms with E-state index in [-0.39, 0.29) is 24.0 Å². The smallest absolute Gasteiger partial charge is 0.269 e. The van der Waals surface area contributed by atoms with Gasteiger partial charge in [0.05, 0.1) is 11.5 Å². The van der Waals surface area contributed by atoms with Crippen molar-refractivity contribution in [3.8, 4) is 11.3 Å². The Morgan fingerprint density at radius 3 is 2.55 bits per heavy atom. The first-order valence-corrected chi connectivity index (χ1v) is 6.30. The van der Waals surface area contributed by atoms with Crippen molar-refractivity contribution in [1.29, 1.82) is 0 Å². The van der Waals surface area contributed by atoms with Gasteiger partial charge in [0, 0.05) is 17.7 Å². The molecule has 0 atom stereocenters. The molecule has 0 saturated carbocycles. The molecule has 0 aliphatic carbocycles. The van der Waals surface area contributed by atoms with Crippen LogP contribution in [0.4, 0.5) is 5.69 Å². The Hall–Kier alpha value is -2.34. The van der Waals surface area contributed by atoms with E-state index in [1.54, 1.807) is 24.3 Å². The van der Waals surface area contributed by atoms with Gasteiger partial charge in [0.2, 0.25) is 5.91 Å². The van der Waals surface area contributed by atoms with E-state index in [0.717, 1.165) is 5.56 Å². The summed E-state index contributed by atoms with van der Waals surface area (Å²) in [4.78, 5) is 21.1. The molecule has 0 radical (unpaired) electrons. The van der Waals surface area contributed by atoms with Crippen LogP contribution in [0.2, 0.25) is 0 Å². The third-order valence-corrected chi connectivity index (χ3v) is 2.85. The molecule has 0 aliphatic rings. The fourth-order valence-corrected chi connectivity index (χ4v) is 1.70. The minimum absolute atomic E-state index is 0.0231. The molecule has 1 heterocycles. The molecule has 1 amide bonds. The van der Waals surface area contributed by atoms with E-state index < -0.39 is 4.92 Å². The average Bonchev–Trinajstić information content (AvgIpc) is 2.93. The van der Waals surface area contributed by atoms with Crippen molar-refractivity contribution < 1.29 is 14.1 Å². The molecule has 2 rings (SSSR count). The molecule has 1 aromatic carbocycles. The highest BCUT2D eigenvalue weighted by molar-refractivity contribution is 6.27. The van der Waals surface area contributed by atoms with Gasteiger partial charge in [-0.25, -0.2) is 0 Å². The van der Waals surface area contributed by atoms with E-state index in [1.165, 1.54) is 12.1 Å². The Morgan fingerprint density at radius 1 is 1.25 bits per heavy atom. The van der Waals surface area contributed by atoms with Crippen LogP contribution in [0, 0.1) is 10.1 Å². The summed E-state index contributed by atoms with van der Waals surface area (Å²) in [5, 5.41) is 13.1. The van der Waals surface area contributed by atoms with Gasteiger partial charge in [0.25, 0.3) is 5.69 Å². The summed E-state index contributed by atoms with van der Waals surface area (Å²) < 4.78 is 5.54. The number of nitrogens with one attached hydrogen (secondary N) is 1. The molecule has 0 spiro atoms. The van der Waals surface area contributed by atoms with E-state index in [9.17, 15) is 14.9 Å². The largest absolute Gasteiger partial charge is 0.459 e. The van der Waals surface area contributed by atoms with Crippen molar-refractivity contribution in [2.75, 3.05) is 5.88 Å². The Balaban J connectivity index is 2.08. The molecular formula is C13H11ClN2O4. The van der Waals surface area contributed by atoms with Gasteiger partial charge in [-0.2, -0.15) is 0 Å². The van der Waals surface area contributed by atoms with Crippen LogP contribution < -0.4 is 5.32 Å². The second kappa shape index (κ2) is 6.21. The molecule has 104 valence electrons. The zero-order valence-electron chi connectivity index (χ0n) is 10.3. The maximum absolute atomic E-state index is 11.0. The SMILES string of the molecule is O=C(CCl)NCc1ccc(-c2ccc([N+](=O)[O-])cc2)o1. The van der Waals surface area contributed by atoms with E-state index in [0.29, 0.717) is 11.5 Å². The van der Waals surface area contributed by atoms with Gasteiger partial charge < -0.3 is 9.73 Å². The molecule has 0 saturated heterocycles. The van der Waals surface area contributed by atoms with Crippen LogP contribution in [0.3, 0.4) is 0 Å². The minimum atomic E-state index is -0.459. The second-order valence-electron chi connectivity index (χ2n) is 3.98. The number of nitro benzene ring substituents is 1. The van der Waals surface area contributed by atoms with Gasteiger partial charge in [-0.1, -0.05) is 0 Å². The van der Waals surface area contributed by atoms with Crippen LogP contribution in [0.15, 0.2) is 40.8 Å². The van der Waals surface area contributed by atoms with E-state index in [4.69, 9.17) is 16.0 Å². The summed E-state index contributed by atoms with van der Waals surface area (Å²) in [6, 6.07) is 9.50. The zero-order chi connectivity index (χ0) is 14.5. The minimum Gasteiger partial charge on any atom is -0.459 e. The van der Waals surface area contributed by atoms with Crippen LogP contribution in [0.1, 0.15) is 5.76 Å². The molecule has 2 aromatic rings. The van der Waals surface area contributed by atoms with Crippen LogP contribution in [0.25, 0.3) is 11.3 Å². The quantitative estimate of drug-likeness (QED) is 0.522. The molecule has 1 aromatic heterocycles. The summed E-state index contributed by atoms with van der Waals surface area (Å²) in [5.41, 5.74) is 0.750. The molecule has 0 aliphatic heterocycles. The third kappa shape index (κ3) is 3.36. The van der Waals surface area contributed by atoms with Crippen LogP contribution in [-0.4, -0.2) is 16.7 Å². The molecule has 6 nitrogen and oxygen atoms in total. The highest BCUT2D eigenvalue weighted by Gasteiger charge is 2.09. The molecule has 0 bridgehead atoms. The molecule has 0 unspecified atom stereocenters. The molecule has 0 fully saturated rings. The lowest BCUT2D eigenvalue weighted by Crippen LogP contribution is -2.23. The number of nitro groups is 1. The normalized spacial score (nSPS) is 10.2. The summed E-state index contributed by atoms with van der Waals surface area (Å²) in [6.45, 7) is 0.249. The van der Waals surface area contributed by atoms with Crippen molar-refractivity contribution >= 4 is 23.2 Å². The number of benzene rings is 1. The summed E-state index contributed by atoms with van der Waals surface area (Å²) >= 11 is 5.36. The molecule has 20 heavy (non-hydrogen) atoms. The number of nitrogens with zero attached hydrogens (tertiary/aromatic N) is 1. The van der Waals surface area contributed by atoms with Gasteiger partial charge in [0.1, 0.15) is 17.4 Å². The number of non-ortho nitro benzene ring substituents is 1. The monoisotopic (exact) mass is 294 g/mol. The highest BCUT2D eigenvalue weighted by Crippen LogP contribution is 2.24. The highest BCUT2D eigenvalue weighted by atomic mass is 35.5. The Labute approximate surface area is 119 Å². The van der Waals surface area contributed by atoms with Crippen molar-refractivity contribution in [3.05, 3.63) is 52.3 Å². The van der Waals surface area contributed by atoms with Crippen molar-refractivity contribution in [2.45, 2.75) is 6.54 Å². The summed E-state index contributed by atoms with van der Waals surface area (Å²) in [7, 11) is 0. The van der Waals surface area contributed by atoms with Gasteiger partial charge in [-0.3, -0.25) is 14.9 Å². The first-order valence-electron chi connectivity index (χ1n) is 5.76. The van der Waals surface area contributed by atoms with Crippen molar-refractivity contribution in [2.24, 2.45) is 0 Å². The first kappa shape index (κ1) is 14.1. The Bertz CT molecular complexity index is 622. The summed E-state index contributed by atoms with van der Waals surface area (Å²) in [5.74, 6) is 0.780. The van der Waals surface area contributed by atoms with Gasteiger partial charge in [-0.05, 0) is 24.3 Å². The number of amides is 1. The maximum Gasteiger partial charge on any atom is 0.269 e. The molecular weight excluding hydrogens is 284 g/mol. The lowest BCUT2D eigenvalue weighted by Gasteiger charge is -2.00. The average molecular weight is 295 g/mol. The van der Waals surface area contributed by atoms with E-state index >= 15 is 0 Å². The van der Waals surface area contributed by atoms with Gasteiger partial charge in [0.15, 0.2) is 0 Å². The summed E-state index contributed by atoms with van der Waals surface area (Å²) in [6.07, 6.45) is 0. The number of carbonyl (C=O) groups excluding carboxylic acids is 1. The number of rotatable bonds is 5. The number of halogens is 1. The Kier molecular flexibility index (Phi) is 4.37. The van der Waals surface area contributed by atoms with Crippen molar-refractivity contribution in [1.82, 2.24) is 5.32 Å². The van der Waals surface area contributed by atoms with E-state index in [2.05, 4.69) is 5.32 Å². The number of furan rings is 1. The number of hydrogen-bond donors (Lipinski definition) is 1. The third-order valence-electron chi connectivity index (χ3n) is 2.61. The lowest BCUT2D eigenvalue weighted by atomic mass is 10.1. The van der Waals surface area contributed by atoms with Crippen LogP contribution in [-0.2, 0) is 11.3 Å². The second-order valence-corrected chi connectivity index (χ2v) is 4.25. The number of alkyl halides is 1. The van der Waals surface area contributed by atoms with Crippen molar-refractivity contribution in [3.63, 3.8) is 0 Å². The number of carbonyl (C=O) groups is 1. The lowest BCUT2D eigenvalue weighted by molar-refractivity contribution is -0.384. The van der Waals surface area contributed by atoms with Gasteiger partial charge >= 0.3 is 0 Å².